The largest absolute Gasteiger partial charge is 0.380 e. The number of nitrogens with zero attached hydrogens (tertiary/aromatic N) is 1. The number of Topliss-reactive ketones (excluding diaryl/α,β-unsaturated/α-hetero) is 1. The van der Waals surface area contributed by atoms with Crippen molar-refractivity contribution >= 4 is 21.5 Å². The molecule has 2 aromatic rings. The normalized spacial score (nSPS) is 11.8. The standard InChI is InChI=1S/C19H23FN2O3S/c1-13(2)22(4)26(24,25)16-10-8-15(9-11-16)12-21-18-7-5-6-17(20)19(18)14(3)23/h5-11,13,21H,12H2,1-4H3. The first-order valence-corrected chi connectivity index (χ1v) is 9.69. The van der Waals surface area contributed by atoms with Gasteiger partial charge in [-0.05, 0) is 50.6 Å². The van der Waals surface area contributed by atoms with E-state index >= 15 is 0 Å². The molecule has 0 fully saturated rings. The fourth-order valence-electron chi connectivity index (χ4n) is 2.45. The lowest BCUT2D eigenvalue weighted by Gasteiger charge is -2.21. The molecule has 0 unspecified atom stereocenters. The number of hydrogen-bond acceptors (Lipinski definition) is 4. The van der Waals surface area contributed by atoms with Gasteiger partial charge in [0, 0.05) is 25.3 Å². The average molecular weight is 378 g/mol. The second kappa shape index (κ2) is 7.97. The molecule has 0 spiro atoms. The first kappa shape index (κ1) is 20.1. The van der Waals surface area contributed by atoms with Gasteiger partial charge in [-0.1, -0.05) is 18.2 Å². The van der Waals surface area contributed by atoms with E-state index in [0.717, 1.165) is 5.56 Å². The second-order valence-corrected chi connectivity index (χ2v) is 8.33. The predicted molar refractivity (Wildman–Crippen MR) is 100 cm³/mol. The number of sulfonamides is 1. The van der Waals surface area contributed by atoms with Crippen molar-refractivity contribution < 1.29 is 17.6 Å². The molecule has 140 valence electrons. The molecule has 0 saturated heterocycles. The quantitative estimate of drug-likeness (QED) is 0.747. The van der Waals surface area contributed by atoms with E-state index in [-0.39, 0.29) is 22.3 Å². The monoisotopic (exact) mass is 378 g/mol. The number of hydrogen-bond donors (Lipinski definition) is 1. The maximum absolute atomic E-state index is 13.8. The predicted octanol–water partition coefficient (Wildman–Crippen LogP) is 3.67. The Morgan fingerprint density at radius 3 is 2.31 bits per heavy atom. The molecular formula is C19H23FN2O3S. The molecule has 0 heterocycles. The Morgan fingerprint density at radius 1 is 1.15 bits per heavy atom. The van der Waals surface area contributed by atoms with Crippen molar-refractivity contribution in [2.45, 2.75) is 38.3 Å². The Labute approximate surface area is 153 Å². The van der Waals surface area contributed by atoms with Gasteiger partial charge in [0.1, 0.15) is 5.82 Å². The number of ketones is 1. The Bertz CT molecular complexity index is 894. The van der Waals surface area contributed by atoms with Gasteiger partial charge in [-0.3, -0.25) is 4.79 Å². The van der Waals surface area contributed by atoms with Gasteiger partial charge in [0.2, 0.25) is 10.0 Å². The lowest BCUT2D eigenvalue weighted by Crippen LogP contribution is -2.33. The van der Waals surface area contributed by atoms with E-state index in [2.05, 4.69) is 5.32 Å². The third kappa shape index (κ3) is 4.28. The van der Waals surface area contributed by atoms with Gasteiger partial charge >= 0.3 is 0 Å². The summed E-state index contributed by atoms with van der Waals surface area (Å²) in [5.74, 6) is -0.926. The summed E-state index contributed by atoms with van der Waals surface area (Å²) in [6.45, 7) is 5.27. The minimum absolute atomic E-state index is 0.0188. The van der Waals surface area contributed by atoms with Crippen molar-refractivity contribution in [2.24, 2.45) is 0 Å². The summed E-state index contributed by atoms with van der Waals surface area (Å²) in [7, 11) is -1.98. The van der Waals surface area contributed by atoms with Crippen LogP contribution in [0, 0.1) is 5.82 Å². The second-order valence-electron chi connectivity index (χ2n) is 6.33. The number of benzene rings is 2. The SMILES string of the molecule is CC(=O)c1c(F)cccc1NCc1ccc(S(=O)(=O)N(C)C(C)C)cc1. The van der Waals surface area contributed by atoms with E-state index in [1.54, 1.807) is 51.2 Å². The molecule has 0 saturated carbocycles. The first-order chi connectivity index (χ1) is 12.1. The van der Waals surface area contributed by atoms with Crippen LogP contribution in [0.15, 0.2) is 47.4 Å². The third-order valence-corrected chi connectivity index (χ3v) is 6.22. The Balaban J connectivity index is 2.17. The highest BCUT2D eigenvalue weighted by Crippen LogP contribution is 2.21. The summed E-state index contributed by atoms with van der Waals surface area (Å²) in [6, 6.07) is 10.7. The van der Waals surface area contributed by atoms with Crippen molar-refractivity contribution in [3.63, 3.8) is 0 Å². The molecule has 1 N–H and O–H groups in total. The molecule has 2 rings (SSSR count). The number of rotatable bonds is 7. The van der Waals surface area contributed by atoms with Crippen molar-refractivity contribution in [3.8, 4) is 0 Å². The minimum atomic E-state index is -3.53. The van der Waals surface area contributed by atoms with Crippen LogP contribution in [0.4, 0.5) is 10.1 Å². The molecule has 0 bridgehead atoms. The molecule has 0 aliphatic heterocycles. The first-order valence-electron chi connectivity index (χ1n) is 8.25. The van der Waals surface area contributed by atoms with E-state index < -0.39 is 15.8 Å². The van der Waals surface area contributed by atoms with E-state index in [1.165, 1.54) is 23.4 Å². The molecule has 5 nitrogen and oxygen atoms in total. The summed E-state index contributed by atoms with van der Waals surface area (Å²) in [5.41, 5.74) is 1.24. The van der Waals surface area contributed by atoms with Crippen LogP contribution >= 0.6 is 0 Å². The maximum atomic E-state index is 13.8. The van der Waals surface area contributed by atoms with Crippen molar-refractivity contribution in [3.05, 3.63) is 59.4 Å². The summed E-state index contributed by atoms with van der Waals surface area (Å²) in [5, 5.41) is 3.03. The number of anilines is 1. The van der Waals surface area contributed by atoms with Gasteiger partial charge in [0.15, 0.2) is 5.78 Å². The summed E-state index contributed by atoms with van der Waals surface area (Å²) < 4.78 is 40.0. The molecule has 7 heteroatoms. The smallest absolute Gasteiger partial charge is 0.243 e. The number of carbonyl (C=O) groups is 1. The molecule has 0 aliphatic carbocycles. The molecule has 0 atom stereocenters. The zero-order valence-electron chi connectivity index (χ0n) is 15.3. The van der Waals surface area contributed by atoms with Crippen molar-refractivity contribution in [1.82, 2.24) is 4.31 Å². The zero-order valence-corrected chi connectivity index (χ0v) is 16.1. The average Bonchev–Trinajstić information content (AvgIpc) is 2.59. The van der Waals surface area contributed by atoms with Crippen molar-refractivity contribution in [1.29, 1.82) is 0 Å². The zero-order chi connectivity index (χ0) is 19.5. The van der Waals surface area contributed by atoms with E-state index in [0.29, 0.717) is 12.2 Å². The van der Waals surface area contributed by atoms with Crippen LogP contribution in [0.2, 0.25) is 0 Å². The van der Waals surface area contributed by atoms with E-state index in [9.17, 15) is 17.6 Å². The van der Waals surface area contributed by atoms with Crippen molar-refractivity contribution in [2.75, 3.05) is 12.4 Å². The fraction of sp³-hybridized carbons (Fsp3) is 0.316. The van der Waals surface area contributed by atoms with Gasteiger partial charge in [-0.25, -0.2) is 12.8 Å². The highest BCUT2D eigenvalue weighted by molar-refractivity contribution is 7.89. The van der Waals surface area contributed by atoms with Gasteiger partial charge in [-0.15, -0.1) is 0 Å². The van der Waals surface area contributed by atoms with Gasteiger partial charge < -0.3 is 5.32 Å². The Morgan fingerprint density at radius 2 is 1.77 bits per heavy atom. The van der Waals surface area contributed by atoms with E-state index in [4.69, 9.17) is 0 Å². The lowest BCUT2D eigenvalue weighted by molar-refractivity contribution is 0.101. The van der Waals surface area contributed by atoms with Gasteiger partial charge in [-0.2, -0.15) is 4.31 Å². The molecule has 0 aromatic heterocycles. The minimum Gasteiger partial charge on any atom is -0.380 e. The van der Waals surface area contributed by atoms with Crippen LogP contribution in [0.5, 0.6) is 0 Å². The molecule has 2 aromatic carbocycles. The van der Waals surface area contributed by atoms with Crippen LogP contribution in [0.3, 0.4) is 0 Å². The maximum Gasteiger partial charge on any atom is 0.243 e. The van der Waals surface area contributed by atoms with Crippen LogP contribution in [-0.4, -0.2) is 31.6 Å². The summed E-state index contributed by atoms with van der Waals surface area (Å²) in [6.07, 6.45) is 0. The van der Waals surface area contributed by atoms with Crippen LogP contribution in [0.25, 0.3) is 0 Å². The fourth-order valence-corrected chi connectivity index (χ4v) is 3.82. The molecule has 26 heavy (non-hydrogen) atoms. The number of nitrogens with one attached hydrogen (secondary N) is 1. The van der Waals surface area contributed by atoms with Gasteiger partial charge in [0.25, 0.3) is 0 Å². The summed E-state index contributed by atoms with van der Waals surface area (Å²) >= 11 is 0. The lowest BCUT2D eigenvalue weighted by atomic mass is 10.1. The summed E-state index contributed by atoms with van der Waals surface area (Å²) in [4.78, 5) is 11.8. The molecule has 0 aliphatic rings. The number of halogens is 1. The van der Waals surface area contributed by atoms with Crippen LogP contribution < -0.4 is 5.32 Å². The van der Waals surface area contributed by atoms with Crippen LogP contribution in [-0.2, 0) is 16.6 Å². The topological polar surface area (TPSA) is 66.5 Å². The molecule has 0 amide bonds. The Hall–Kier alpha value is -2.25. The molecule has 0 radical (unpaired) electrons. The van der Waals surface area contributed by atoms with E-state index in [1.807, 2.05) is 0 Å². The highest BCUT2D eigenvalue weighted by Gasteiger charge is 2.22. The number of carbonyl (C=O) groups excluding carboxylic acids is 1. The van der Waals surface area contributed by atoms with Crippen LogP contribution in [0.1, 0.15) is 36.7 Å². The molecular weight excluding hydrogens is 355 g/mol. The Kier molecular flexibility index (Phi) is 6.15. The highest BCUT2D eigenvalue weighted by atomic mass is 32.2. The van der Waals surface area contributed by atoms with Gasteiger partial charge in [0.05, 0.1) is 10.5 Å². The third-order valence-electron chi connectivity index (χ3n) is 4.18.